The first-order valence-corrected chi connectivity index (χ1v) is 9.80. The van der Waals surface area contributed by atoms with Gasteiger partial charge in [-0.25, -0.2) is 0 Å². The topological polar surface area (TPSA) is 52.7 Å². The molecule has 142 valence electrons. The van der Waals surface area contributed by atoms with Crippen LogP contribution in [-0.4, -0.2) is 48.9 Å². The minimum atomic E-state index is -0.323. The van der Waals surface area contributed by atoms with Gasteiger partial charge in [-0.15, -0.1) is 0 Å². The number of benzene rings is 1. The number of carbonyl (C=O) groups is 2. The van der Waals surface area contributed by atoms with Crippen molar-refractivity contribution < 1.29 is 9.59 Å². The zero-order valence-corrected chi connectivity index (χ0v) is 16.3. The fourth-order valence-electron chi connectivity index (χ4n) is 3.80. The molecule has 1 aliphatic carbocycles. The Hall–Kier alpha value is -2.04. The van der Waals surface area contributed by atoms with Gasteiger partial charge in [0.15, 0.2) is 0 Å². The highest BCUT2D eigenvalue weighted by molar-refractivity contribution is 5.94. The lowest BCUT2D eigenvalue weighted by Crippen LogP contribution is -2.51. The van der Waals surface area contributed by atoms with Crippen LogP contribution in [0.15, 0.2) is 24.3 Å². The highest BCUT2D eigenvalue weighted by Crippen LogP contribution is 2.22. The van der Waals surface area contributed by atoms with Crippen LogP contribution in [0.1, 0.15) is 56.8 Å². The molecule has 0 spiro atoms. The van der Waals surface area contributed by atoms with E-state index in [-0.39, 0.29) is 17.2 Å². The monoisotopic (exact) mass is 357 g/mol. The number of anilines is 1. The highest BCUT2D eigenvalue weighted by Gasteiger charge is 2.29. The van der Waals surface area contributed by atoms with Gasteiger partial charge in [0.2, 0.25) is 5.91 Å². The molecule has 1 saturated carbocycles. The molecule has 1 saturated heterocycles. The molecular weight excluding hydrogens is 326 g/mol. The standard InChI is InChI=1S/C21H31N3O2/c1-21(2,3)20(26)24-14-12-23(13-15-24)18-10-8-16(9-11-18)19(25)22-17-6-4-5-7-17/h8-11,17H,4-7,12-15H2,1-3H3,(H,22,25). The maximum atomic E-state index is 12.4. The van der Waals surface area contributed by atoms with E-state index in [0.29, 0.717) is 6.04 Å². The molecule has 1 aromatic rings. The third-order valence-electron chi connectivity index (χ3n) is 5.39. The normalized spacial score (nSPS) is 18.9. The van der Waals surface area contributed by atoms with Gasteiger partial charge in [-0.05, 0) is 37.1 Å². The van der Waals surface area contributed by atoms with E-state index in [4.69, 9.17) is 0 Å². The van der Waals surface area contributed by atoms with Crippen LogP contribution < -0.4 is 10.2 Å². The predicted octanol–water partition coefficient (Wildman–Crippen LogP) is 3.05. The molecule has 5 nitrogen and oxygen atoms in total. The number of nitrogens with zero attached hydrogens (tertiary/aromatic N) is 2. The van der Waals surface area contributed by atoms with Crippen LogP contribution in [0.25, 0.3) is 0 Å². The average molecular weight is 357 g/mol. The van der Waals surface area contributed by atoms with Gasteiger partial charge >= 0.3 is 0 Å². The van der Waals surface area contributed by atoms with Crippen LogP contribution in [0.3, 0.4) is 0 Å². The average Bonchev–Trinajstić information content (AvgIpc) is 3.13. The molecule has 1 aliphatic heterocycles. The zero-order valence-electron chi connectivity index (χ0n) is 16.3. The highest BCUT2D eigenvalue weighted by atomic mass is 16.2. The molecule has 0 bridgehead atoms. The van der Waals surface area contributed by atoms with E-state index < -0.39 is 0 Å². The molecule has 0 unspecified atom stereocenters. The Labute approximate surface area is 156 Å². The van der Waals surface area contributed by atoms with Crippen LogP contribution in [0, 0.1) is 5.41 Å². The van der Waals surface area contributed by atoms with Crippen molar-refractivity contribution in [3.63, 3.8) is 0 Å². The number of rotatable bonds is 3. The van der Waals surface area contributed by atoms with E-state index in [1.54, 1.807) is 0 Å². The second-order valence-corrected chi connectivity index (χ2v) is 8.53. The Morgan fingerprint density at radius 3 is 2.08 bits per heavy atom. The summed E-state index contributed by atoms with van der Waals surface area (Å²) in [6.07, 6.45) is 4.63. The van der Waals surface area contributed by atoms with E-state index in [0.717, 1.165) is 50.3 Å². The summed E-state index contributed by atoms with van der Waals surface area (Å²) in [7, 11) is 0. The molecule has 5 heteroatoms. The van der Waals surface area contributed by atoms with Gasteiger partial charge < -0.3 is 15.1 Å². The molecule has 3 rings (SSSR count). The summed E-state index contributed by atoms with van der Waals surface area (Å²) in [5, 5.41) is 3.13. The van der Waals surface area contributed by atoms with Gasteiger partial charge in [-0.3, -0.25) is 9.59 Å². The maximum Gasteiger partial charge on any atom is 0.251 e. The molecule has 1 heterocycles. The summed E-state index contributed by atoms with van der Waals surface area (Å²) in [5.74, 6) is 0.250. The zero-order chi connectivity index (χ0) is 18.7. The molecule has 1 aromatic carbocycles. The number of amides is 2. The van der Waals surface area contributed by atoms with Crippen molar-refractivity contribution in [2.45, 2.75) is 52.5 Å². The van der Waals surface area contributed by atoms with Crippen LogP contribution in [0.2, 0.25) is 0 Å². The number of hydrogen-bond donors (Lipinski definition) is 1. The molecule has 2 amide bonds. The Morgan fingerprint density at radius 2 is 1.54 bits per heavy atom. The summed E-state index contributed by atoms with van der Waals surface area (Å²) >= 11 is 0. The minimum absolute atomic E-state index is 0.0315. The molecular formula is C21H31N3O2. The fourth-order valence-corrected chi connectivity index (χ4v) is 3.80. The first kappa shape index (κ1) is 18.7. The van der Waals surface area contributed by atoms with Gasteiger partial charge in [0.05, 0.1) is 0 Å². The van der Waals surface area contributed by atoms with Crippen LogP contribution in [-0.2, 0) is 4.79 Å². The number of nitrogens with one attached hydrogen (secondary N) is 1. The summed E-state index contributed by atoms with van der Waals surface area (Å²) in [4.78, 5) is 29.0. The van der Waals surface area contributed by atoms with E-state index in [9.17, 15) is 9.59 Å². The van der Waals surface area contributed by atoms with Gasteiger partial charge in [-0.2, -0.15) is 0 Å². The second-order valence-electron chi connectivity index (χ2n) is 8.53. The molecule has 0 aromatic heterocycles. The van der Waals surface area contributed by atoms with Gasteiger partial charge in [0, 0.05) is 48.9 Å². The largest absolute Gasteiger partial charge is 0.368 e. The second kappa shape index (κ2) is 7.68. The fraction of sp³-hybridized carbons (Fsp3) is 0.619. The van der Waals surface area contributed by atoms with E-state index in [1.807, 2.05) is 49.9 Å². The van der Waals surface area contributed by atoms with Crippen molar-refractivity contribution in [2.24, 2.45) is 5.41 Å². The van der Waals surface area contributed by atoms with E-state index in [1.165, 1.54) is 12.8 Å². The Kier molecular flexibility index (Phi) is 5.54. The summed E-state index contributed by atoms with van der Waals surface area (Å²) in [6, 6.07) is 8.20. The third-order valence-corrected chi connectivity index (χ3v) is 5.39. The lowest BCUT2D eigenvalue weighted by molar-refractivity contribution is -0.139. The molecule has 2 fully saturated rings. The van der Waals surface area contributed by atoms with E-state index >= 15 is 0 Å². The molecule has 0 radical (unpaired) electrons. The van der Waals surface area contributed by atoms with Crippen LogP contribution in [0.5, 0.6) is 0 Å². The smallest absolute Gasteiger partial charge is 0.251 e. The molecule has 0 atom stereocenters. The Bertz CT molecular complexity index is 634. The van der Waals surface area contributed by atoms with Gasteiger partial charge in [0.1, 0.15) is 0 Å². The van der Waals surface area contributed by atoms with Crippen LogP contribution in [0.4, 0.5) is 5.69 Å². The van der Waals surface area contributed by atoms with Crippen molar-refractivity contribution in [1.29, 1.82) is 0 Å². The van der Waals surface area contributed by atoms with Crippen molar-refractivity contribution in [2.75, 3.05) is 31.1 Å². The molecule has 1 N–H and O–H groups in total. The summed E-state index contributed by atoms with van der Waals surface area (Å²) in [6.45, 7) is 9.07. The lowest BCUT2D eigenvalue weighted by atomic mass is 9.94. The SMILES string of the molecule is CC(C)(C)C(=O)N1CCN(c2ccc(C(=O)NC3CCCC3)cc2)CC1. The summed E-state index contributed by atoms with van der Waals surface area (Å²) in [5.41, 5.74) is 1.52. The quantitative estimate of drug-likeness (QED) is 0.905. The van der Waals surface area contributed by atoms with E-state index in [2.05, 4.69) is 10.2 Å². The van der Waals surface area contributed by atoms with Crippen molar-refractivity contribution in [3.05, 3.63) is 29.8 Å². The number of carbonyl (C=O) groups excluding carboxylic acids is 2. The van der Waals surface area contributed by atoms with Crippen molar-refractivity contribution >= 4 is 17.5 Å². The van der Waals surface area contributed by atoms with Crippen molar-refractivity contribution in [3.8, 4) is 0 Å². The molecule has 2 aliphatic rings. The summed E-state index contributed by atoms with van der Waals surface area (Å²) < 4.78 is 0. The van der Waals surface area contributed by atoms with Gasteiger partial charge in [0.25, 0.3) is 5.91 Å². The predicted molar refractivity (Wildman–Crippen MR) is 104 cm³/mol. The first-order chi connectivity index (χ1) is 12.3. The number of hydrogen-bond acceptors (Lipinski definition) is 3. The first-order valence-electron chi connectivity index (χ1n) is 9.80. The minimum Gasteiger partial charge on any atom is -0.368 e. The van der Waals surface area contributed by atoms with Crippen molar-refractivity contribution in [1.82, 2.24) is 10.2 Å². The Balaban J connectivity index is 1.54. The number of piperazine rings is 1. The third kappa shape index (κ3) is 4.37. The van der Waals surface area contributed by atoms with Gasteiger partial charge in [-0.1, -0.05) is 33.6 Å². The Morgan fingerprint density at radius 1 is 0.962 bits per heavy atom. The maximum absolute atomic E-state index is 12.4. The van der Waals surface area contributed by atoms with Crippen LogP contribution >= 0.6 is 0 Å². The molecule has 26 heavy (non-hydrogen) atoms. The lowest BCUT2D eigenvalue weighted by Gasteiger charge is -2.38.